The van der Waals surface area contributed by atoms with Crippen LogP contribution in [0.1, 0.15) is 30.6 Å². The van der Waals surface area contributed by atoms with Gasteiger partial charge in [-0.2, -0.15) is 0 Å². The molecule has 1 aromatic rings. The number of aliphatic carboxylic acids is 1. The van der Waals surface area contributed by atoms with E-state index >= 15 is 0 Å². The third kappa shape index (κ3) is 2.53. The number of carboxylic acids is 1. The third-order valence-corrected chi connectivity index (χ3v) is 3.70. The first-order chi connectivity index (χ1) is 8.13. The topological polar surface area (TPSA) is 46.5 Å². The molecule has 92 valence electrons. The average molecular weight is 299 g/mol. The van der Waals surface area contributed by atoms with E-state index in [0.29, 0.717) is 13.0 Å². The highest BCUT2D eigenvalue weighted by atomic mass is 79.9. The van der Waals surface area contributed by atoms with Crippen molar-refractivity contribution in [1.82, 2.24) is 0 Å². The van der Waals surface area contributed by atoms with Crippen molar-refractivity contribution >= 4 is 21.9 Å². The lowest BCUT2D eigenvalue weighted by Crippen LogP contribution is -2.28. The van der Waals surface area contributed by atoms with E-state index in [0.717, 1.165) is 16.5 Å². The standard InChI is InChI=1S/C13H15BrO3/c1-2-10(13(15)16)12-11-4-3-9(14)7-8(11)5-6-17-12/h3-4,7,10,12H,2,5-6H2,1H3,(H,15,16)/t10-,12?/m1/s1. The fraction of sp³-hybridized carbons (Fsp3) is 0.462. The molecule has 4 heteroatoms. The van der Waals surface area contributed by atoms with Crippen LogP contribution in [0.25, 0.3) is 0 Å². The summed E-state index contributed by atoms with van der Waals surface area (Å²) in [4.78, 5) is 11.2. The smallest absolute Gasteiger partial charge is 0.309 e. The highest BCUT2D eigenvalue weighted by molar-refractivity contribution is 9.10. The second-order valence-electron chi connectivity index (χ2n) is 4.24. The predicted molar refractivity (Wildman–Crippen MR) is 68.0 cm³/mol. The summed E-state index contributed by atoms with van der Waals surface area (Å²) < 4.78 is 6.69. The van der Waals surface area contributed by atoms with Crippen LogP contribution in [0, 0.1) is 5.92 Å². The second kappa shape index (κ2) is 5.19. The lowest BCUT2D eigenvalue weighted by atomic mass is 9.88. The summed E-state index contributed by atoms with van der Waals surface area (Å²) in [5.74, 6) is -1.25. The maximum atomic E-state index is 11.2. The van der Waals surface area contributed by atoms with Crippen LogP contribution >= 0.6 is 15.9 Å². The van der Waals surface area contributed by atoms with Gasteiger partial charge >= 0.3 is 5.97 Å². The zero-order chi connectivity index (χ0) is 12.4. The van der Waals surface area contributed by atoms with Gasteiger partial charge in [0, 0.05) is 4.47 Å². The van der Waals surface area contributed by atoms with Gasteiger partial charge in [0.25, 0.3) is 0 Å². The van der Waals surface area contributed by atoms with E-state index in [2.05, 4.69) is 22.0 Å². The van der Waals surface area contributed by atoms with Gasteiger partial charge in [0.1, 0.15) is 0 Å². The van der Waals surface area contributed by atoms with Crippen molar-refractivity contribution in [3.8, 4) is 0 Å². The van der Waals surface area contributed by atoms with Gasteiger partial charge in [-0.25, -0.2) is 0 Å². The van der Waals surface area contributed by atoms with E-state index in [9.17, 15) is 9.90 Å². The molecule has 1 aromatic carbocycles. The molecule has 0 aliphatic carbocycles. The van der Waals surface area contributed by atoms with Crippen molar-refractivity contribution in [1.29, 1.82) is 0 Å². The molecule has 0 bridgehead atoms. The van der Waals surface area contributed by atoms with Crippen LogP contribution in [0.3, 0.4) is 0 Å². The van der Waals surface area contributed by atoms with E-state index < -0.39 is 11.9 Å². The number of fused-ring (bicyclic) bond motifs is 1. The number of rotatable bonds is 3. The molecular formula is C13H15BrO3. The van der Waals surface area contributed by atoms with Crippen molar-refractivity contribution < 1.29 is 14.6 Å². The molecule has 0 radical (unpaired) electrons. The van der Waals surface area contributed by atoms with Crippen LogP contribution in [0.5, 0.6) is 0 Å². The summed E-state index contributed by atoms with van der Waals surface area (Å²) >= 11 is 3.44. The molecule has 2 atom stereocenters. The minimum atomic E-state index is -0.784. The SMILES string of the molecule is CC[C@@H](C(=O)O)C1OCCc2cc(Br)ccc21. The molecule has 1 unspecified atom stereocenters. The molecule has 1 aliphatic heterocycles. The Kier molecular flexibility index (Phi) is 3.84. The molecule has 0 saturated heterocycles. The Morgan fingerprint density at radius 2 is 2.41 bits per heavy atom. The first kappa shape index (κ1) is 12.6. The number of hydrogen-bond acceptors (Lipinski definition) is 2. The van der Waals surface area contributed by atoms with Crippen LogP contribution in [0.4, 0.5) is 0 Å². The number of benzene rings is 1. The Balaban J connectivity index is 2.37. The normalized spacial score (nSPS) is 20.7. The quantitative estimate of drug-likeness (QED) is 0.932. The molecule has 0 spiro atoms. The molecular weight excluding hydrogens is 284 g/mol. The molecule has 2 rings (SSSR count). The van der Waals surface area contributed by atoms with Gasteiger partial charge < -0.3 is 9.84 Å². The van der Waals surface area contributed by atoms with Gasteiger partial charge in [0.05, 0.1) is 18.6 Å². The monoisotopic (exact) mass is 298 g/mol. The van der Waals surface area contributed by atoms with Gasteiger partial charge in [0.2, 0.25) is 0 Å². The molecule has 1 N–H and O–H groups in total. The van der Waals surface area contributed by atoms with Gasteiger partial charge in [-0.15, -0.1) is 0 Å². The van der Waals surface area contributed by atoms with Crippen LogP contribution in [-0.4, -0.2) is 17.7 Å². The maximum Gasteiger partial charge on any atom is 0.309 e. The largest absolute Gasteiger partial charge is 0.481 e. The average Bonchev–Trinajstić information content (AvgIpc) is 2.29. The Labute approximate surface area is 109 Å². The van der Waals surface area contributed by atoms with Gasteiger partial charge in [-0.05, 0) is 36.1 Å². The van der Waals surface area contributed by atoms with Crippen molar-refractivity contribution in [3.63, 3.8) is 0 Å². The van der Waals surface area contributed by atoms with E-state index in [1.807, 2.05) is 19.1 Å². The van der Waals surface area contributed by atoms with Crippen LogP contribution in [-0.2, 0) is 16.0 Å². The van der Waals surface area contributed by atoms with Gasteiger partial charge in [-0.1, -0.05) is 28.9 Å². The summed E-state index contributed by atoms with van der Waals surface area (Å²) in [7, 11) is 0. The zero-order valence-electron chi connectivity index (χ0n) is 9.65. The molecule has 3 nitrogen and oxygen atoms in total. The summed E-state index contributed by atoms with van der Waals surface area (Å²) in [6.45, 7) is 2.48. The Morgan fingerprint density at radius 1 is 1.65 bits per heavy atom. The van der Waals surface area contributed by atoms with E-state index in [4.69, 9.17) is 4.74 Å². The Morgan fingerprint density at radius 3 is 3.06 bits per heavy atom. The van der Waals surface area contributed by atoms with Crippen molar-refractivity contribution in [2.45, 2.75) is 25.9 Å². The summed E-state index contributed by atoms with van der Waals surface area (Å²) in [6.07, 6.45) is 1.12. The highest BCUT2D eigenvalue weighted by Crippen LogP contribution is 2.35. The molecule has 0 fully saturated rings. The fourth-order valence-electron chi connectivity index (χ4n) is 2.31. The Bertz CT molecular complexity index is 431. The van der Waals surface area contributed by atoms with Gasteiger partial charge in [-0.3, -0.25) is 4.79 Å². The third-order valence-electron chi connectivity index (χ3n) is 3.20. The highest BCUT2D eigenvalue weighted by Gasteiger charge is 2.32. The summed E-state index contributed by atoms with van der Waals surface area (Å²) in [5.41, 5.74) is 2.21. The molecule has 0 amide bonds. The van der Waals surface area contributed by atoms with Gasteiger partial charge in [0.15, 0.2) is 0 Å². The van der Waals surface area contributed by atoms with Crippen molar-refractivity contribution in [3.05, 3.63) is 33.8 Å². The second-order valence-corrected chi connectivity index (χ2v) is 5.15. The van der Waals surface area contributed by atoms with E-state index in [1.54, 1.807) is 0 Å². The number of carboxylic acid groups (broad SMARTS) is 1. The summed E-state index contributed by atoms with van der Waals surface area (Å²) in [6, 6.07) is 5.96. The molecule has 1 aliphatic rings. The molecule has 0 aromatic heterocycles. The molecule has 17 heavy (non-hydrogen) atoms. The first-order valence-corrected chi connectivity index (χ1v) is 6.55. The van der Waals surface area contributed by atoms with Crippen LogP contribution < -0.4 is 0 Å². The Hall–Kier alpha value is -0.870. The van der Waals surface area contributed by atoms with E-state index in [-0.39, 0.29) is 6.10 Å². The van der Waals surface area contributed by atoms with Crippen LogP contribution in [0.2, 0.25) is 0 Å². The zero-order valence-corrected chi connectivity index (χ0v) is 11.2. The van der Waals surface area contributed by atoms with Crippen molar-refractivity contribution in [2.24, 2.45) is 5.92 Å². The van der Waals surface area contributed by atoms with Crippen LogP contribution in [0.15, 0.2) is 22.7 Å². The number of halogens is 1. The number of carbonyl (C=O) groups is 1. The molecule has 0 saturated carbocycles. The van der Waals surface area contributed by atoms with Crippen molar-refractivity contribution in [2.75, 3.05) is 6.61 Å². The lowest BCUT2D eigenvalue weighted by molar-refractivity contribution is -0.148. The number of hydrogen-bond donors (Lipinski definition) is 1. The minimum Gasteiger partial charge on any atom is -0.481 e. The predicted octanol–water partition coefficient (Wildman–Crippen LogP) is 3.17. The first-order valence-electron chi connectivity index (χ1n) is 5.76. The minimum absolute atomic E-state index is 0.311. The molecule has 1 heterocycles. The lowest BCUT2D eigenvalue weighted by Gasteiger charge is -2.30. The fourth-order valence-corrected chi connectivity index (χ4v) is 2.71. The maximum absolute atomic E-state index is 11.2. The number of ether oxygens (including phenoxy) is 1. The van der Waals surface area contributed by atoms with E-state index in [1.165, 1.54) is 5.56 Å². The summed E-state index contributed by atoms with van der Waals surface area (Å²) in [5, 5.41) is 9.22.